The molecule has 1 aromatic rings. The summed E-state index contributed by atoms with van der Waals surface area (Å²) in [6.45, 7) is 4.30. The molecule has 1 aliphatic carbocycles. The summed E-state index contributed by atoms with van der Waals surface area (Å²) in [5, 5.41) is 12.3. The van der Waals surface area contributed by atoms with Crippen LogP contribution in [0.4, 0.5) is 10.1 Å². The van der Waals surface area contributed by atoms with Crippen molar-refractivity contribution in [2.45, 2.75) is 39.2 Å². The van der Waals surface area contributed by atoms with Crippen LogP contribution in [-0.2, 0) is 0 Å². The largest absolute Gasteiger partial charge is 0.478 e. The Morgan fingerprint density at radius 1 is 1.50 bits per heavy atom. The van der Waals surface area contributed by atoms with Gasteiger partial charge in [0, 0.05) is 6.04 Å². The molecule has 1 unspecified atom stereocenters. The Labute approximate surface area is 106 Å². The van der Waals surface area contributed by atoms with E-state index in [1.807, 2.05) is 0 Å². The zero-order chi connectivity index (χ0) is 13.3. The lowest BCUT2D eigenvalue weighted by Gasteiger charge is -2.29. The van der Waals surface area contributed by atoms with E-state index in [1.165, 1.54) is 12.1 Å². The van der Waals surface area contributed by atoms with Crippen molar-refractivity contribution in [3.63, 3.8) is 0 Å². The van der Waals surface area contributed by atoms with E-state index < -0.39 is 11.8 Å². The highest BCUT2D eigenvalue weighted by atomic mass is 19.1. The first-order valence-corrected chi connectivity index (χ1v) is 6.20. The molecule has 3 nitrogen and oxygen atoms in total. The van der Waals surface area contributed by atoms with E-state index >= 15 is 0 Å². The number of carbonyl (C=O) groups is 1. The first kappa shape index (κ1) is 12.9. The summed E-state index contributed by atoms with van der Waals surface area (Å²) < 4.78 is 13.5. The second-order valence-corrected chi connectivity index (χ2v) is 5.55. The minimum atomic E-state index is -1.23. The zero-order valence-electron chi connectivity index (χ0n) is 10.7. The van der Waals surface area contributed by atoms with Gasteiger partial charge in [-0.2, -0.15) is 0 Å². The van der Waals surface area contributed by atoms with Crippen LogP contribution in [-0.4, -0.2) is 17.1 Å². The third kappa shape index (κ3) is 2.33. The van der Waals surface area contributed by atoms with Crippen LogP contribution in [0.5, 0.6) is 0 Å². The molecule has 1 atom stereocenters. The molecule has 0 heterocycles. The number of hydrogen-bond acceptors (Lipinski definition) is 2. The topological polar surface area (TPSA) is 49.3 Å². The minimum absolute atomic E-state index is 0.113. The van der Waals surface area contributed by atoms with Gasteiger partial charge in [0.1, 0.15) is 11.4 Å². The Morgan fingerprint density at radius 3 is 2.78 bits per heavy atom. The van der Waals surface area contributed by atoms with Crippen molar-refractivity contribution in [3.05, 3.63) is 29.6 Å². The highest BCUT2D eigenvalue weighted by Gasteiger charge is 2.35. The number of halogens is 1. The molecule has 0 radical (unpaired) electrons. The van der Waals surface area contributed by atoms with Gasteiger partial charge in [-0.1, -0.05) is 26.3 Å². The molecule has 0 saturated heterocycles. The quantitative estimate of drug-likeness (QED) is 0.864. The Kier molecular flexibility index (Phi) is 3.28. The molecule has 0 aromatic heterocycles. The fourth-order valence-corrected chi connectivity index (χ4v) is 2.64. The van der Waals surface area contributed by atoms with Crippen molar-refractivity contribution in [3.8, 4) is 0 Å². The first-order valence-electron chi connectivity index (χ1n) is 6.20. The van der Waals surface area contributed by atoms with Gasteiger partial charge in [-0.05, 0) is 30.4 Å². The average Bonchev–Trinajstić information content (AvgIpc) is 2.58. The molecule has 98 valence electrons. The van der Waals surface area contributed by atoms with Gasteiger partial charge in [0.25, 0.3) is 0 Å². The SMILES string of the molecule is CC1(C)CCCC1Nc1cccc(F)c1C(=O)O. The number of benzene rings is 1. The second-order valence-electron chi connectivity index (χ2n) is 5.55. The number of carboxylic acid groups (broad SMARTS) is 1. The monoisotopic (exact) mass is 251 g/mol. The third-order valence-electron chi connectivity index (χ3n) is 3.81. The van der Waals surface area contributed by atoms with Crippen LogP contribution in [0.25, 0.3) is 0 Å². The van der Waals surface area contributed by atoms with Gasteiger partial charge in [0.2, 0.25) is 0 Å². The Balaban J connectivity index is 2.29. The van der Waals surface area contributed by atoms with Gasteiger partial charge in [-0.3, -0.25) is 0 Å². The van der Waals surface area contributed by atoms with E-state index in [1.54, 1.807) is 6.07 Å². The molecular formula is C14H18FNO2. The lowest BCUT2D eigenvalue weighted by atomic mass is 9.87. The molecule has 4 heteroatoms. The molecule has 2 rings (SSSR count). The highest BCUT2D eigenvalue weighted by molar-refractivity contribution is 5.94. The zero-order valence-corrected chi connectivity index (χ0v) is 10.7. The van der Waals surface area contributed by atoms with Gasteiger partial charge >= 0.3 is 5.97 Å². The summed E-state index contributed by atoms with van der Waals surface area (Å²) in [5.41, 5.74) is 0.227. The maximum atomic E-state index is 13.5. The molecule has 2 N–H and O–H groups in total. The fraction of sp³-hybridized carbons (Fsp3) is 0.500. The number of aromatic carboxylic acids is 1. The van der Waals surface area contributed by atoms with Crippen LogP contribution in [0, 0.1) is 11.2 Å². The predicted molar refractivity (Wildman–Crippen MR) is 68.4 cm³/mol. The summed E-state index contributed by atoms with van der Waals surface area (Å²) in [5.74, 6) is -1.92. The Morgan fingerprint density at radius 2 is 2.22 bits per heavy atom. The van der Waals surface area contributed by atoms with E-state index in [2.05, 4.69) is 19.2 Å². The molecule has 1 saturated carbocycles. The summed E-state index contributed by atoms with van der Waals surface area (Å²) in [6.07, 6.45) is 3.20. The van der Waals surface area contributed by atoms with Crippen molar-refractivity contribution in [2.24, 2.45) is 5.41 Å². The van der Waals surface area contributed by atoms with E-state index in [0.717, 1.165) is 19.3 Å². The Hall–Kier alpha value is -1.58. The van der Waals surface area contributed by atoms with Gasteiger partial charge in [0.15, 0.2) is 0 Å². The summed E-state index contributed by atoms with van der Waals surface area (Å²) in [7, 11) is 0. The van der Waals surface area contributed by atoms with Crippen LogP contribution in [0.1, 0.15) is 43.5 Å². The van der Waals surface area contributed by atoms with Gasteiger partial charge < -0.3 is 10.4 Å². The molecule has 0 spiro atoms. The maximum absolute atomic E-state index is 13.5. The standard InChI is InChI=1S/C14H18FNO2/c1-14(2)8-4-7-11(14)16-10-6-3-5-9(15)12(10)13(17)18/h3,5-6,11,16H,4,7-8H2,1-2H3,(H,17,18). The highest BCUT2D eigenvalue weighted by Crippen LogP contribution is 2.39. The number of carboxylic acids is 1. The summed E-state index contributed by atoms with van der Waals surface area (Å²) in [6, 6.07) is 4.53. The van der Waals surface area contributed by atoms with Crippen molar-refractivity contribution < 1.29 is 14.3 Å². The van der Waals surface area contributed by atoms with E-state index in [0.29, 0.717) is 5.69 Å². The molecule has 1 fully saturated rings. The minimum Gasteiger partial charge on any atom is -0.478 e. The molecule has 0 bridgehead atoms. The third-order valence-corrected chi connectivity index (χ3v) is 3.81. The lowest BCUT2D eigenvalue weighted by molar-refractivity contribution is 0.0693. The van der Waals surface area contributed by atoms with Crippen LogP contribution < -0.4 is 5.32 Å². The number of hydrogen-bond donors (Lipinski definition) is 2. The number of anilines is 1. The molecule has 0 amide bonds. The maximum Gasteiger partial charge on any atom is 0.340 e. The van der Waals surface area contributed by atoms with E-state index in [4.69, 9.17) is 5.11 Å². The van der Waals surface area contributed by atoms with Crippen LogP contribution in [0.2, 0.25) is 0 Å². The van der Waals surface area contributed by atoms with E-state index in [-0.39, 0.29) is 17.0 Å². The van der Waals surface area contributed by atoms with Crippen molar-refractivity contribution in [1.29, 1.82) is 0 Å². The van der Waals surface area contributed by atoms with Crippen molar-refractivity contribution >= 4 is 11.7 Å². The van der Waals surface area contributed by atoms with Crippen LogP contribution >= 0.6 is 0 Å². The van der Waals surface area contributed by atoms with Crippen molar-refractivity contribution in [1.82, 2.24) is 0 Å². The molecule has 1 aliphatic rings. The summed E-state index contributed by atoms with van der Waals surface area (Å²) >= 11 is 0. The average molecular weight is 251 g/mol. The van der Waals surface area contributed by atoms with Crippen LogP contribution in [0.3, 0.4) is 0 Å². The molecule has 0 aliphatic heterocycles. The van der Waals surface area contributed by atoms with Gasteiger partial charge in [-0.25, -0.2) is 9.18 Å². The predicted octanol–water partition coefficient (Wildman–Crippen LogP) is 3.51. The van der Waals surface area contributed by atoms with E-state index in [9.17, 15) is 9.18 Å². The lowest BCUT2D eigenvalue weighted by Crippen LogP contribution is -2.31. The fourth-order valence-electron chi connectivity index (χ4n) is 2.64. The molecule has 1 aromatic carbocycles. The van der Waals surface area contributed by atoms with Crippen molar-refractivity contribution in [2.75, 3.05) is 5.32 Å². The molecular weight excluding hydrogens is 233 g/mol. The van der Waals surface area contributed by atoms with Gasteiger partial charge in [0.05, 0.1) is 5.69 Å². The smallest absolute Gasteiger partial charge is 0.340 e. The number of rotatable bonds is 3. The molecule has 18 heavy (non-hydrogen) atoms. The van der Waals surface area contributed by atoms with Crippen LogP contribution in [0.15, 0.2) is 18.2 Å². The number of nitrogens with one attached hydrogen (secondary N) is 1. The Bertz CT molecular complexity index is 471. The van der Waals surface area contributed by atoms with Gasteiger partial charge in [-0.15, -0.1) is 0 Å². The first-order chi connectivity index (χ1) is 8.42. The normalized spacial score (nSPS) is 21.8. The second kappa shape index (κ2) is 4.59. The summed E-state index contributed by atoms with van der Waals surface area (Å²) in [4.78, 5) is 11.1.